The number of alkyl halides is 3. The van der Waals surface area contributed by atoms with Crippen LogP contribution in [0, 0.1) is 12.7 Å². The van der Waals surface area contributed by atoms with Gasteiger partial charge in [-0.2, -0.15) is 17.9 Å². The number of carbonyl (C=O) groups excluding carboxylic acids is 1. The van der Waals surface area contributed by atoms with Crippen molar-refractivity contribution in [2.45, 2.75) is 31.0 Å². The summed E-state index contributed by atoms with van der Waals surface area (Å²) in [5.41, 5.74) is 0.611. The van der Waals surface area contributed by atoms with E-state index in [0.29, 0.717) is 6.07 Å². The molecule has 0 aliphatic carbocycles. The molecular formula is C18H18F4N2O4S. The van der Waals surface area contributed by atoms with Crippen LogP contribution < -0.4 is 14.8 Å². The summed E-state index contributed by atoms with van der Waals surface area (Å²) in [6.07, 6.45) is -4.66. The molecule has 0 fully saturated rings. The zero-order valence-corrected chi connectivity index (χ0v) is 16.2. The van der Waals surface area contributed by atoms with Gasteiger partial charge in [-0.1, -0.05) is 17.7 Å². The van der Waals surface area contributed by atoms with Crippen molar-refractivity contribution in [1.29, 1.82) is 0 Å². The zero-order valence-electron chi connectivity index (χ0n) is 15.4. The quantitative estimate of drug-likeness (QED) is 0.655. The minimum Gasteiger partial charge on any atom is -0.482 e. The molecule has 11 heteroatoms. The molecule has 6 nitrogen and oxygen atoms in total. The number of carbonyl (C=O) groups is 1. The first-order valence-corrected chi connectivity index (χ1v) is 9.75. The summed E-state index contributed by atoms with van der Waals surface area (Å²) in [6, 6.07) is 7.24. The lowest BCUT2D eigenvalue weighted by Gasteiger charge is -2.17. The third kappa shape index (κ3) is 6.71. The van der Waals surface area contributed by atoms with Gasteiger partial charge in [-0.05, 0) is 38.1 Å². The van der Waals surface area contributed by atoms with Crippen LogP contribution in [0.25, 0.3) is 0 Å². The lowest BCUT2D eigenvalue weighted by Crippen LogP contribution is -2.41. The lowest BCUT2D eigenvalue weighted by atomic mass is 10.2. The monoisotopic (exact) mass is 434 g/mol. The summed E-state index contributed by atoms with van der Waals surface area (Å²) in [6.45, 7) is 1.34. The van der Waals surface area contributed by atoms with Gasteiger partial charge in [0.15, 0.2) is 6.61 Å². The number of nitrogens with one attached hydrogen (secondary N) is 2. The third-order valence-electron chi connectivity index (χ3n) is 3.65. The van der Waals surface area contributed by atoms with Gasteiger partial charge in [-0.25, -0.2) is 12.8 Å². The van der Waals surface area contributed by atoms with Gasteiger partial charge in [0.2, 0.25) is 15.9 Å². The van der Waals surface area contributed by atoms with E-state index in [0.717, 1.165) is 17.7 Å². The second-order valence-electron chi connectivity index (χ2n) is 6.19. The van der Waals surface area contributed by atoms with Crippen LogP contribution in [0.5, 0.6) is 5.75 Å². The van der Waals surface area contributed by atoms with E-state index in [-0.39, 0.29) is 10.6 Å². The largest absolute Gasteiger partial charge is 0.482 e. The molecule has 0 spiro atoms. The fourth-order valence-electron chi connectivity index (χ4n) is 2.19. The number of sulfonamides is 1. The molecule has 0 heterocycles. The van der Waals surface area contributed by atoms with E-state index >= 15 is 0 Å². The average molecular weight is 434 g/mol. The Hall–Kier alpha value is -2.66. The summed E-state index contributed by atoms with van der Waals surface area (Å²) in [7, 11) is -4.01. The Kier molecular flexibility index (Phi) is 6.85. The highest BCUT2D eigenvalue weighted by Crippen LogP contribution is 2.28. The number of hydrogen-bond acceptors (Lipinski definition) is 4. The molecule has 0 bridgehead atoms. The van der Waals surface area contributed by atoms with Crippen molar-refractivity contribution in [3.8, 4) is 5.75 Å². The van der Waals surface area contributed by atoms with Crippen LogP contribution in [0.2, 0.25) is 0 Å². The number of ether oxygens (including phenoxy) is 1. The Morgan fingerprint density at radius 2 is 1.76 bits per heavy atom. The van der Waals surface area contributed by atoms with Crippen LogP contribution in [0.15, 0.2) is 47.4 Å². The molecule has 1 amide bonds. The Labute approximate surface area is 164 Å². The molecule has 0 unspecified atom stereocenters. The number of anilines is 1. The number of hydrogen-bond donors (Lipinski definition) is 2. The fourth-order valence-corrected chi connectivity index (χ4v) is 3.39. The molecule has 1 atom stereocenters. The Morgan fingerprint density at radius 1 is 1.14 bits per heavy atom. The highest BCUT2D eigenvalue weighted by atomic mass is 32.2. The molecule has 2 aromatic carbocycles. The minimum absolute atomic E-state index is 0.0567. The summed E-state index contributed by atoms with van der Waals surface area (Å²) in [5, 5.41) is 2.23. The zero-order chi connectivity index (χ0) is 21.8. The average Bonchev–Trinajstić information content (AvgIpc) is 2.61. The Morgan fingerprint density at radius 3 is 2.34 bits per heavy atom. The van der Waals surface area contributed by atoms with Crippen LogP contribution in [0.4, 0.5) is 23.2 Å². The SMILES string of the molecule is Cc1ccc(S(=O)(=O)N[C@@H](C)C(=O)Nc2ccc(F)cc2OCC(F)(F)F)cc1. The van der Waals surface area contributed by atoms with Gasteiger partial charge in [0.25, 0.3) is 0 Å². The Balaban J connectivity index is 2.12. The van der Waals surface area contributed by atoms with E-state index in [1.165, 1.54) is 19.1 Å². The van der Waals surface area contributed by atoms with Gasteiger partial charge in [0, 0.05) is 6.07 Å². The van der Waals surface area contributed by atoms with Gasteiger partial charge < -0.3 is 10.1 Å². The van der Waals surface area contributed by atoms with E-state index in [9.17, 15) is 30.8 Å². The molecule has 0 aliphatic heterocycles. The second kappa shape index (κ2) is 8.78. The predicted octanol–water partition coefficient (Wildman–Crippen LogP) is 3.38. The first kappa shape index (κ1) is 22.6. The molecule has 0 aromatic heterocycles. The van der Waals surface area contributed by atoms with Crippen molar-refractivity contribution < 1.29 is 35.5 Å². The molecule has 0 saturated heterocycles. The standard InChI is InChI=1S/C18H18F4N2O4S/c1-11-3-6-14(7-4-11)29(26,27)24-12(2)17(25)23-15-8-5-13(19)9-16(15)28-10-18(20,21)22/h3-9,12,24H,10H2,1-2H3,(H,23,25)/t12-/m0/s1. The van der Waals surface area contributed by atoms with Crippen molar-refractivity contribution in [1.82, 2.24) is 4.72 Å². The van der Waals surface area contributed by atoms with Gasteiger partial charge in [-0.3, -0.25) is 4.79 Å². The highest BCUT2D eigenvalue weighted by Gasteiger charge is 2.29. The van der Waals surface area contributed by atoms with Gasteiger partial charge in [0.05, 0.1) is 16.6 Å². The lowest BCUT2D eigenvalue weighted by molar-refractivity contribution is -0.153. The van der Waals surface area contributed by atoms with Crippen LogP contribution in [0.1, 0.15) is 12.5 Å². The van der Waals surface area contributed by atoms with E-state index in [4.69, 9.17) is 0 Å². The normalized spacial score (nSPS) is 13.0. The molecular weight excluding hydrogens is 416 g/mol. The summed E-state index contributed by atoms with van der Waals surface area (Å²) < 4.78 is 81.8. The van der Waals surface area contributed by atoms with E-state index in [2.05, 4.69) is 14.8 Å². The third-order valence-corrected chi connectivity index (χ3v) is 5.21. The predicted molar refractivity (Wildman–Crippen MR) is 97.5 cm³/mol. The van der Waals surface area contributed by atoms with E-state index in [1.807, 2.05) is 0 Å². The van der Waals surface area contributed by atoms with E-state index in [1.54, 1.807) is 19.1 Å². The van der Waals surface area contributed by atoms with Crippen molar-refractivity contribution in [2.75, 3.05) is 11.9 Å². The van der Waals surface area contributed by atoms with Gasteiger partial charge in [0.1, 0.15) is 11.6 Å². The molecule has 0 aliphatic rings. The van der Waals surface area contributed by atoms with Crippen molar-refractivity contribution >= 4 is 21.6 Å². The minimum atomic E-state index is -4.66. The fraction of sp³-hybridized carbons (Fsp3) is 0.278. The first-order chi connectivity index (χ1) is 13.4. The summed E-state index contributed by atoms with van der Waals surface area (Å²) >= 11 is 0. The molecule has 0 radical (unpaired) electrons. The summed E-state index contributed by atoms with van der Waals surface area (Å²) in [5.74, 6) is -2.28. The summed E-state index contributed by atoms with van der Waals surface area (Å²) in [4.78, 5) is 12.2. The van der Waals surface area contributed by atoms with Crippen LogP contribution in [-0.4, -0.2) is 33.1 Å². The Bertz CT molecular complexity index is 976. The van der Waals surface area contributed by atoms with Crippen LogP contribution in [0.3, 0.4) is 0 Å². The number of amides is 1. The smallest absolute Gasteiger partial charge is 0.422 e. The van der Waals surface area contributed by atoms with Crippen molar-refractivity contribution in [2.24, 2.45) is 0 Å². The molecule has 2 N–H and O–H groups in total. The van der Waals surface area contributed by atoms with Gasteiger partial charge >= 0.3 is 6.18 Å². The maximum absolute atomic E-state index is 13.3. The van der Waals surface area contributed by atoms with E-state index < -0.39 is 46.3 Å². The first-order valence-electron chi connectivity index (χ1n) is 8.26. The molecule has 0 saturated carbocycles. The topological polar surface area (TPSA) is 84.5 Å². The van der Waals surface area contributed by atoms with Crippen molar-refractivity contribution in [3.05, 3.63) is 53.8 Å². The maximum atomic E-state index is 13.3. The number of aryl methyl sites for hydroxylation is 1. The molecule has 2 rings (SSSR count). The number of rotatable bonds is 7. The van der Waals surface area contributed by atoms with Crippen LogP contribution >= 0.6 is 0 Å². The maximum Gasteiger partial charge on any atom is 0.422 e. The molecule has 2 aromatic rings. The number of benzene rings is 2. The van der Waals surface area contributed by atoms with Gasteiger partial charge in [-0.15, -0.1) is 0 Å². The molecule has 158 valence electrons. The van der Waals surface area contributed by atoms with Crippen LogP contribution in [-0.2, 0) is 14.8 Å². The number of halogens is 4. The van der Waals surface area contributed by atoms with Crippen molar-refractivity contribution in [3.63, 3.8) is 0 Å². The second-order valence-corrected chi connectivity index (χ2v) is 7.90. The highest BCUT2D eigenvalue weighted by molar-refractivity contribution is 7.89. The molecule has 29 heavy (non-hydrogen) atoms.